The van der Waals surface area contributed by atoms with E-state index < -0.39 is 5.41 Å². The van der Waals surface area contributed by atoms with Crippen LogP contribution in [0.2, 0.25) is 0 Å². The highest BCUT2D eigenvalue weighted by Crippen LogP contribution is 2.48. The summed E-state index contributed by atoms with van der Waals surface area (Å²) in [5.74, 6) is 0.0652. The Bertz CT molecular complexity index is 333. The van der Waals surface area contributed by atoms with E-state index in [0.717, 1.165) is 12.8 Å². The molecule has 1 aliphatic rings. The first-order valence-corrected chi connectivity index (χ1v) is 6.92. The van der Waals surface area contributed by atoms with Crippen LogP contribution in [0, 0.1) is 29.1 Å². The number of Topliss-reactive ketones (excluding diaryl/α,β-unsaturated/α-hetero) is 1. The van der Waals surface area contributed by atoms with Crippen molar-refractivity contribution in [2.45, 2.75) is 47.5 Å². The Balaban J connectivity index is 3.27. The molecule has 104 valence electrons. The van der Waals surface area contributed by atoms with Crippen LogP contribution in [0.25, 0.3) is 0 Å². The van der Waals surface area contributed by atoms with Crippen LogP contribution in [0.5, 0.6) is 0 Å². The van der Waals surface area contributed by atoms with E-state index in [2.05, 4.69) is 13.8 Å². The molecular weight excluding hydrogens is 228 g/mol. The molecule has 1 fully saturated rings. The molecular formula is C15H26O3. The maximum atomic E-state index is 12.8. The number of rotatable bonds is 3. The minimum atomic E-state index is -0.943. The number of carbonyl (C=O) groups excluding carboxylic acids is 2. The van der Waals surface area contributed by atoms with E-state index in [9.17, 15) is 9.59 Å². The van der Waals surface area contributed by atoms with Gasteiger partial charge in [-0.25, -0.2) is 0 Å². The quantitative estimate of drug-likeness (QED) is 0.574. The fraction of sp³-hybridized carbons (Fsp3) is 0.867. The van der Waals surface area contributed by atoms with Crippen LogP contribution in [0.4, 0.5) is 0 Å². The highest BCUT2D eigenvalue weighted by molar-refractivity contribution is 6.06. The molecule has 0 radical (unpaired) electrons. The van der Waals surface area contributed by atoms with Gasteiger partial charge in [-0.05, 0) is 30.6 Å². The van der Waals surface area contributed by atoms with E-state index in [-0.39, 0.29) is 35.4 Å². The van der Waals surface area contributed by atoms with Gasteiger partial charge in [0.15, 0.2) is 5.78 Å². The Morgan fingerprint density at radius 2 is 1.83 bits per heavy atom. The van der Waals surface area contributed by atoms with Gasteiger partial charge in [-0.15, -0.1) is 0 Å². The van der Waals surface area contributed by atoms with E-state index in [4.69, 9.17) is 4.74 Å². The van der Waals surface area contributed by atoms with Gasteiger partial charge in [0.1, 0.15) is 5.41 Å². The van der Waals surface area contributed by atoms with Crippen molar-refractivity contribution in [1.29, 1.82) is 0 Å². The molecule has 0 aromatic heterocycles. The topological polar surface area (TPSA) is 43.4 Å². The van der Waals surface area contributed by atoms with Crippen molar-refractivity contribution in [2.24, 2.45) is 29.1 Å². The molecule has 0 spiro atoms. The highest BCUT2D eigenvalue weighted by Gasteiger charge is 2.57. The lowest BCUT2D eigenvalue weighted by Gasteiger charge is -2.45. The molecule has 0 aliphatic heterocycles. The molecule has 1 aliphatic carbocycles. The van der Waals surface area contributed by atoms with Gasteiger partial charge in [0.05, 0.1) is 7.11 Å². The van der Waals surface area contributed by atoms with Gasteiger partial charge in [-0.1, -0.05) is 34.6 Å². The summed E-state index contributed by atoms with van der Waals surface area (Å²) in [4.78, 5) is 25.1. The third kappa shape index (κ3) is 2.08. The summed E-state index contributed by atoms with van der Waals surface area (Å²) in [6.45, 7) is 10.0. The Kier molecular flexibility index (Phi) is 4.57. The third-order valence-corrected chi connectivity index (χ3v) is 4.67. The second kappa shape index (κ2) is 5.41. The van der Waals surface area contributed by atoms with Gasteiger partial charge in [0.2, 0.25) is 0 Å². The monoisotopic (exact) mass is 254 g/mol. The first-order chi connectivity index (χ1) is 8.29. The number of ether oxygens (including phenoxy) is 1. The zero-order valence-electron chi connectivity index (χ0n) is 12.4. The van der Waals surface area contributed by atoms with Crippen molar-refractivity contribution in [3.63, 3.8) is 0 Å². The highest BCUT2D eigenvalue weighted by atomic mass is 16.5. The number of carbonyl (C=O) groups is 2. The first-order valence-electron chi connectivity index (χ1n) is 6.92. The molecule has 1 rings (SSSR count). The van der Waals surface area contributed by atoms with Gasteiger partial charge in [-0.3, -0.25) is 9.59 Å². The lowest BCUT2D eigenvalue weighted by Crippen LogP contribution is -2.55. The lowest BCUT2D eigenvalue weighted by atomic mass is 9.56. The van der Waals surface area contributed by atoms with E-state index in [0.29, 0.717) is 0 Å². The molecule has 0 bridgehead atoms. The molecule has 1 saturated carbocycles. The van der Waals surface area contributed by atoms with E-state index in [1.807, 2.05) is 20.8 Å². The fourth-order valence-electron chi connectivity index (χ4n) is 3.53. The summed E-state index contributed by atoms with van der Waals surface area (Å²) in [5, 5.41) is 0. The van der Waals surface area contributed by atoms with Crippen LogP contribution < -0.4 is 0 Å². The van der Waals surface area contributed by atoms with Crippen molar-refractivity contribution in [2.75, 3.05) is 7.11 Å². The second-order valence-electron chi connectivity index (χ2n) is 6.21. The standard InChI is InChI=1S/C15H26O3/c1-9(2)12-8-7-11(5)15(10(3)4,13(12)16)14(17)18-6/h9-12H,7-8H2,1-6H3. The fourth-order valence-corrected chi connectivity index (χ4v) is 3.53. The molecule has 0 amide bonds. The molecule has 0 aromatic carbocycles. The van der Waals surface area contributed by atoms with Crippen LogP contribution in [0.1, 0.15) is 47.5 Å². The van der Waals surface area contributed by atoms with Gasteiger partial charge >= 0.3 is 5.97 Å². The molecule has 3 unspecified atom stereocenters. The van der Waals surface area contributed by atoms with Gasteiger partial charge in [0.25, 0.3) is 0 Å². The van der Waals surface area contributed by atoms with Gasteiger partial charge < -0.3 is 4.74 Å². The molecule has 3 atom stereocenters. The predicted molar refractivity (Wildman–Crippen MR) is 71.0 cm³/mol. The average Bonchev–Trinajstić information content (AvgIpc) is 2.28. The van der Waals surface area contributed by atoms with Crippen molar-refractivity contribution < 1.29 is 14.3 Å². The summed E-state index contributed by atoms with van der Waals surface area (Å²) in [7, 11) is 1.38. The number of hydrogen-bond acceptors (Lipinski definition) is 3. The second-order valence-corrected chi connectivity index (χ2v) is 6.21. The van der Waals surface area contributed by atoms with Crippen LogP contribution in [0.3, 0.4) is 0 Å². The number of ketones is 1. The molecule has 0 heterocycles. The summed E-state index contributed by atoms with van der Waals surface area (Å²) in [6.07, 6.45) is 1.81. The Hall–Kier alpha value is -0.860. The minimum absolute atomic E-state index is 0.0114. The van der Waals surface area contributed by atoms with Crippen LogP contribution in [-0.2, 0) is 14.3 Å². The number of hydrogen-bond donors (Lipinski definition) is 0. The van der Waals surface area contributed by atoms with Crippen molar-refractivity contribution >= 4 is 11.8 Å². The predicted octanol–water partition coefficient (Wildman–Crippen LogP) is 3.07. The van der Waals surface area contributed by atoms with Gasteiger partial charge in [0, 0.05) is 5.92 Å². The molecule has 3 heteroatoms. The Morgan fingerprint density at radius 1 is 1.28 bits per heavy atom. The van der Waals surface area contributed by atoms with Crippen LogP contribution >= 0.6 is 0 Å². The molecule has 0 aromatic rings. The SMILES string of the molecule is COC(=O)C1(C(C)C)C(=O)C(C(C)C)CCC1C. The van der Waals surface area contributed by atoms with Crippen molar-refractivity contribution in [3.05, 3.63) is 0 Å². The van der Waals surface area contributed by atoms with Crippen molar-refractivity contribution in [1.82, 2.24) is 0 Å². The summed E-state index contributed by atoms with van der Waals surface area (Å²) in [6, 6.07) is 0. The molecule has 18 heavy (non-hydrogen) atoms. The molecule has 0 N–H and O–H groups in total. The third-order valence-electron chi connectivity index (χ3n) is 4.67. The summed E-state index contributed by atoms with van der Waals surface area (Å²) < 4.78 is 4.96. The summed E-state index contributed by atoms with van der Waals surface area (Å²) >= 11 is 0. The zero-order chi connectivity index (χ0) is 14.1. The van der Waals surface area contributed by atoms with Crippen LogP contribution in [-0.4, -0.2) is 18.9 Å². The number of esters is 1. The largest absolute Gasteiger partial charge is 0.468 e. The Morgan fingerprint density at radius 3 is 2.22 bits per heavy atom. The lowest BCUT2D eigenvalue weighted by molar-refractivity contribution is -0.171. The van der Waals surface area contributed by atoms with E-state index >= 15 is 0 Å². The average molecular weight is 254 g/mol. The number of methoxy groups -OCH3 is 1. The first kappa shape index (κ1) is 15.2. The maximum Gasteiger partial charge on any atom is 0.319 e. The van der Waals surface area contributed by atoms with Gasteiger partial charge in [-0.2, -0.15) is 0 Å². The molecule has 3 nitrogen and oxygen atoms in total. The smallest absolute Gasteiger partial charge is 0.319 e. The zero-order valence-corrected chi connectivity index (χ0v) is 12.4. The normalized spacial score (nSPS) is 33.0. The summed E-state index contributed by atoms with van der Waals surface area (Å²) in [5.41, 5.74) is -0.943. The van der Waals surface area contributed by atoms with E-state index in [1.165, 1.54) is 7.11 Å². The minimum Gasteiger partial charge on any atom is -0.468 e. The maximum absolute atomic E-state index is 12.8. The van der Waals surface area contributed by atoms with Crippen molar-refractivity contribution in [3.8, 4) is 0 Å². The Labute approximate surface area is 110 Å². The molecule has 0 saturated heterocycles. The van der Waals surface area contributed by atoms with Crippen LogP contribution in [0.15, 0.2) is 0 Å². The van der Waals surface area contributed by atoms with E-state index in [1.54, 1.807) is 0 Å².